The highest BCUT2D eigenvalue weighted by Crippen LogP contribution is 2.35. The van der Waals surface area contributed by atoms with Crippen molar-refractivity contribution in [2.45, 2.75) is 57.0 Å². The molecule has 1 aromatic carbocycles. The molecule has 1 atom stereocenters. The van der Waals surface area contributed by atoms with E-state index in [2.05, 4.69) is 28.1 Å². The second-order valence-corrected chi connectivity index (χ2v) is 8.45. The molecule has 3 amide bonds. The number of nitrogens with one attached hydrogen (secondary N) is 3. The first-order chi connectivity index (χ1) is 13.9. The second kappa shape index (κ2) is 9.48. The number of rotatable bonds is 8. The normalized spacial score (nSPS) is 19.3. The molecule has 2 aliphatic rings. The lowest BCUT2D eigenvalue weighted by Crippen LogP contribution is -2.55. The monoisotopic (exact) mass is 403 g/mol. The molecule has 29 heavy (non-hydrogen) atoms. The molecule has 3 N–H and O–H groups in total. The zero-order chi connectivity index (χ0) is 20.9. The van der Waals surface area contributed by atoms with Crippen LogP contribution in [0.15, 0.2) is 24.3 Å². The van der Waals surface area contributed by atoms with Crippen molar-refractivity contribution in [3.63, 3.8) is 0 Å². The van der Waals surface area contributed by atoms with E-state index in [1.807, 2.05) is 26.0 Å². The molecule has 1 aromatic rings. The summed E-state index contributed by atoms with van der Waals surface area (Å²) >= 11 is 0. The predicted octanol–water partition coefficient (Wildman–Crippen LogP) is 2.35. The quantitative estimate of drug-likeness (QED) is 0.622. The average molecular weight is 404 g/mol. The molecule has 1 saturated heterocycles. The number of carbonyl (C=O) groups is 2. The Balaban J connectivity index is 1.63. The minimum atomic E-state index is -0.540. The summed E-state index contributed by atoms with van der Waals surface area (Å²) in [4.78, 5) is 25.1. The molecule has 0 spiro atoms. The predicted molar refractivity (Wildman–Crippen MR) is 111 cm³/mol. The lowest BCUT2D eigenvalue weighted by atomic mass is 9.74. The minimum Gasteiger partial charge on any atom is -0.497 e. The van der Waals surface area contributed by atoms with E-state index in [9.17, 15) is 9.59 Å². The first-order valence-corrected chi connectivity index (χ1v) is 10.5. The summed E-state index contributed by atoms with van der Waals surface area (Å²) in [7, 11) is 1.65. The molecule has 160 valence electrons. The Hall–Kier alpha value is -2.28. The minimum absolute atomic E-state index is 0.0122. The van der Waals surface area contributed by atoms with Gasteiger partial charge in [0.2, 0.25) is 5.91 Å². The number of amides is 3. The average Bonchev–Trinajstić information content (AvgIpc) is 3.55. The number of carbonyl (C=O) groups excluding carboxylic acids is 2. The Morgan fingerprint density at radius 3 is 2.38 bits per heavy atom. The summed E-state index contributed by atoms with van der Waals surface area (Å²) in [5.41, 5.74) is 0.972. The molecule has 3 rings (SSSR count). The van der Waals surface area contributed by atoms with Gasteiger partial charge < -0.3 is 25.4 Å². The summed E-state index contributed by atoms with van der Waals surface area (Å²) in [6.45, 7) is 5.69. The number of methoxy groups -OCH3 is 1. The van der Waals surface area contributed by atoms with Gasteiger partial charge in [0.05, 0.1) is 7.11 Å². The van der Waals surface area contributed by atoms with Crippen LogP contribution in [0.4, 0.5) is 4.79 Å². The van der Waals surface area contributed by atoms with Crippen LogP contribution in [-0.2, 0) is 14.9 Å². The fourth-order valence-corrected chi connectivity index (χ4v) is 3.77. The van der Waals surface area contributed by atoms with Gasteiger partial charge in [0.1, 0.15) is 11.8 Å². The van der Waals surface area contributed by atoms with Crippen LogP contribution in [0.1, 0.15) is 45.1 Å². The number of benzene rings is 1. The van der Waals surface area contributed by atoms with E-state index < -0.39 is 6.04 Å². The van der Waals surface area contributed by atoms with E-state index in [-0.39, 0.29) is 29.3 Å². The first kappa shape index (κ1) is 21.4. The van der Waals surface area contributed by atoms with E-state index >= 15 is 0 Å². The summed E-state index contributed by atoms with van der Waals surface area (Å²) in [6, 6.07) is 7.44. The molecule has 1 saturated carbocycles. The molecule has 1 heterocycles. The maximum absolute atomic E-state index is 12.6. The van der Waals surface area contributed by atoms with Gasteiger partial charge in [-0.1, -0.05) is 26.0 Å². The van der Waals surface area contributed by atoms with Crippen LogP contribution in [0, 0.1) is 5.92 Å². The Labute approximate surface area is 172 Å². The molecule has 0 bridgehead atoms. The molecule has 0 unspecified atom stereocenters. The van der Waals surface area contributed by atoms with Crippen molar-refractivity contribution in [2.75, 3.05) is 26.9 Å². The highest BCUT2D eigenvalue weighted by molar-refractivity contribution is 5.87. The lowest BCUT2D eigenvalue weighted by Gasteiger charge is -2.38. The van der Waals surface area contributed by atoms with E-state index in [1.165, 1.54) is 0 Å². The maximum Gasteiger partial charge on any atom is 0.315 e. The van der Waals surface area contributed by atoms with Crippen molar-refractivity contribution in [1.29, 1.82) is 0 Å². The van der Waals surface area contributed by atoms with E-state index in [1.54, 1.807) is 7.11 Å². The Morgan fingerprint density at radius 2 is 1.83 bits per heavy atom. The van der Waals surface area contributed by atoms with Crippen LogP contribution >= 0.6 is 0 Å². The third kappa shape index (κ3) is 5.63. The molecule has 0 aromatic heterocycles. The number of ether oxygens (including phenoxy) is 2. The van der Waals surface area contributed by atoms with Crippen LogP contribution < -0.4 is 20.7 Å². The van der Waals surface area contributed by atoms with Crippen LogP contribution in [0.2, 0.25) is 0 Å². The van der Waals surface area contributed by atoms with Gasteiger partial charge in [0.15, 0.2) is 0 Å². The molecular weight excluding hydrogens is 370 g/mol. The molecule has 7 nitrogen and oxygen atoms in total. The third-order valence-corrected chi connectivity index (χ3v) is 5.90. The van der Waals surface area contributed by atoms with Gasteiger partial charge in [-0.05, 0) is 49.3 Å². The van der Waals surface area contributed by atoms with Crippen molar-refractivity contribution in [2.24, 2.45) is 5.92 Å². The van der Waals surface area contributed by atoms with Crippen molar-refractivity contribution in [3.05, 3.63) is 29.8 Å². The van der Waals surface area contributed by atoms with Gasteiger partial charge in [0, 0.05) is 31.2 Å². The smallest absolute Gasteiger partial charge is 0.315 e. The van der Waals surface area contributed by atoms with E-state index in [0.717, 1.165) is 37.0 Å². The van der Waals surface area contributed by atoms with E-state index in [0.29, 0.717) is 19.8 Å². The Kier molecular flexibility index (Phi) is 7.00. The van der Waals surface area contributed by atoms with Crippen LogP contribution in [0.25, 0.3) is 0 Å². The Morgan fingerprint density at radius 1 is 1.17 bits per heavy atom. The zero-order valence-corrected chi connectivity index (χ0v) is 17.6. The van der Waals surface area contributed by atoms with Gasteiger partial charge in [-0.25, -0.2) is 4.79 Å². The molecule has 1 aliphatic carbocycles. The van der Waals surface area contributed by atoms with Gasteiger partial charge >= 0.3 is 6.03 Å². The fraction of sp³-hybridized carbons (Fsp3) is 0.636. The summed E-state index contributed by atoms with van der Waals surface area (Å²) in [5, 5.41) is 8.86. The van der Waals surface area contributed by atoms with E-state index in [4.69, 9.17) is 9.47 Å². The molecular formula is C22H33N3O4. The maximum atomic E-state index is 12.6. The topological polar surface area (TPSA) is 88.7 Å². The molecule has 2 fully saturated rings. The zero-order valence-electron chi connectivity index (χ0n) is 17.6. The van der Waals surface area contributed by atoms with Gasteiger partial charge in [-0.3, -0.25) is 4.79 Å². The van der Waals surface area contributed by atoms with Crippen LogP contribution in [0.3, 0.4) is 0 Å². The van der Waals surface area contributed by atoms with Crippen molar-refractivity contribution in [3.8, 4) is 5.75 Å². The fourth-order valence-electron chi connectivity index (χ4n) is 3.77. The van der Waals surface area contributed by atoms with Gasteiger partial charge in [-0.15, -0.1) is 0 Å². The lowest BCUT2D eigenvalue weighted by molar-refractivity contribution is -0.124. The molecule has 0 radical (unpaired) electrons. The summed E-state index contributed by atoms with van der Waals surface area (Å²) < 4.78 is 10.8. The highest BCUT2D eigenvalue weighted by atomic mass is 16.5. The second-order valence-electron chi connectivity index (χ2n) is 8.45. The summed E-state index contributed by atoms with van der Waals surface area (Å²) in [6.07, 6.45) is 3.70. The van der Waals surface area contributed by atoms with Crippen molar-refractivity contribution >= 4 is 11.9 Å². The number of urea groups is 1. The molecule has 1 aliphatic heterocycles. The van der Waals surface area contributed by atoms with Crippen LogP contribution in [0.5, 0.6) is 5.75 Å². The first-order valence-electron chi connectivity index (χ1n) is 10.5. The number of hydrogen-bond acceptors (Lipinski definition) is 4. The van der Waals surface area contributed by atoms with Crippen LogP contribution in [-0.4, -0.2) is 50.9 Å². The SMILES string of the molecule is COc1ccc(C2(CNC(=O)N[C@@H](C(=O)NC3CC3)C(C)C)CCOCC2)cc1. The molecule has 7 heteroatoms. The van der Waals surface area contributed by atoms with Crippen molar-refractivity contribution < 1.29 is 19.1 Å². The highest BCUT2D eigenvalue weighted by Gasteiger charge is 2.36. The summed E-state index contributed by atoms with van der Waals surface area (Å²) in [5.74, 6) is 0.717. The van der Waals surface area contributed by atoms with Gasteiger partial charge in [0.25, 0.3) is 0 Å². The number of hydrogen-bond donors (Lipinski definition) is 3. The Bertz CT molecular complexity index is 695. The van der Waals surface area contributed by atoms with Gasteiger partial charge in [-0.2, -0.15) is 0 Å². The largest absolute Gasteiger partial charge is 0.497 e. The van der Waals surface area contributed by atoms with Crippen molar-refractivity contribution in [1.82, 2.24) is 16.0 Å². The standard InChI is InChI=1S/C22H33N3O4/c1-15(2)19(20(26)24-17-6-7-17)25-21(27)23-14-22(10-12-29-13-11-22)16-4-8-18(28-3)9-5-16/h4-5,8-9,15,17,19H,6-7,10-14H2,1-3H3,(H,24,26)(H2,23,25,27)/t19-/m1/s1. The third-order valence-electron chi connectivity index (χ3n) is 5.90.